The van der Waals surface area contributed by atoms with Crippen molar-refractivity contribution >= 4 is 20.3 Å². The van der Waals surface area contributed by atoms with E-state index >= 15 is 0 Å². The van der Waals surface area contributed by atoms with Crippen molar-refractivity contribution in [1.29, 1.82) is 0 Å². The van der Waals surface area contributed by atoms with E-state index in [1.54, 1.807) is 0 Å². The van der Waals surface area contributed by atoms with Gasteiger partial charge in [0.25, 0.3) is 0 Å². The van der Waals surface area contributed by atoms with Crippen molar-refractivity contribution in [1.82, 2.24) is 0 Å². The summed E-state index contributed by atoms with van der Waals surface area (Å²) in [4.78, 5) is 26.5. The smallest absolute Gasteiger partial charge is 0.312 e. The molecule has 5 aliphatic rings. The van der Waals surface area contributed by atoms with Gasteiger partial charge in [0, 0.05) is 11.8 Å². The zero-order chi connectivity index (χ0) is 21.0. The largest absolute Gasteiger partial charge is 0.469 e. The minimum absolute atomic E-state index is 0.0186. The molecule has 0 radical (unpaired) electrons. The normalized spacial score (nSPS) is 50.2. The molecule has 4 bridgehead atoms. The number of hydrogen-bond acceptors (Lipinski definition) is 5. The van der Waals surface area contributed by atoms with Crippen LogP contribution < -0.4 is 0 Å². The Labute approximate surface area is 174 Å². The zero-order valence-corrected chi connectivity index (χ0v) is 19.4. The van der Waals surface area contributed by atoms with E-state index in [1.165, 1.54) is 12.7 Å². The van der Waals surface area contributed by atoms with E-state index in [4.69, 9.17) is 13.9 Å². The average Bonchev–Trinajstić information content (AvgIpc) is 3.05. The summed E-state index contributed by atoms with van der Waals surface area (Å²) in [6.45, 7) is 13.1. The van der Waals surface area contributed by atoms with Gasteiger partial charge in [-0.2, -0.15) is 0 Å². The van der Waals surface area contributed by atoms with Crippen molar-refractivity contribution in [3.8, 4) is 0 Å². The molecule has 1 heterocycles. The van der Waals surface area contributed by atoms with Gasteiger partial charge in [-0.15, -0.1) is 0 Å². The van der Waals surface area contributed by atoms with Gasteiger partial charge >= 0.3 is 11.9 Å². The Morgan fingerprint density at radius 2 is 1.97 bits per heavy atom. The van der Waals surface area contributed by atoms with Gasteiger partial charge in [-0.3, -0.25) is 9.59 Å². The first kappa shape index (κ1) is 19.8. The predicted molar refractivity (Wildman–Crippen MR) is 110 cm³/mol. The van der Waals surface area contributed by atoms with Crippen LogP contribution in [-0.2, 0) is 23.5 Å². The summed E-state index contributed by atoms with van der Waals surface area (Å²) in [6, 6.07) is 0. The Morgan fingerprint density at radius 1 is 1.24 bits per heavy atom. The third kappa shape index (κ3) is 2.30. The molecule has 5 nitrogen and oxygen atoms in total. The maximum absolute atomic E-state index is 13.3. The maximum Gasteiger partial charge on any atom is 0.312 e. The standard InChI is InChI=1S/C23H34O5Si/c1-13-11-22-12-14(13)10-15(28-29(4,5)6)17(22)23-9-7-8-21(2,20(25)27-23)18(23)16(22)19(24)26-3/h14-18H,1,7-12H2,2-6H3/t14-,15+,16-,17?,18?,21?,22-,23-/m1/s1. The predicted octanol–water partition coefficient (Wildman–Crippen LogP) is 4.08. The first-order valence-electron chi connectivity index (χ1n) is 11.2. The lowest BCUT2D eigenvalue weighted by Crippen LogP contribution is -2.54. The van der Waals surface area contributed by atoms with Crippen LogP contribution in [0.25, 0.3) is 0 Å². The van der Waals surface area contributed by atoms with Crippen LogP contribution in [0.15, 0.2) is 12.2 Å². The van der Waals surface area contributed by atoms with E-state index in [-0.39, 0.29) is 41.2 Å². The van der Waals surface area contributed by atoms with Gasteiger partial charge in [0.1, 0.15) is 5.60 Å². The Bertz CT molecular complexity index is 802. The summed E-state index contributed by atoms with van der Waals surface area (Å²) in [5, 5.41) is 0. The third-order valence-corrected chi connectivity index (χ3v) is 9.94. The van der Waals surface area contributed by atoms with Crippen LogP contribution in [-0.4, -0.2) is 39.1 Å². The van der Waals surface area contributed by atoms with Crippen LogP contribution in [0.5, 0.6) is 0 Å². The van der Waals surface area contributed by atoms with Gasteiger partial charge in [0.05, 0.1) is 24.5 Å². The first-order valence-corrected chi connectivity index (χ1v) is 14.6. The Morgan fingerprint density at radius 3 is 2.62 bits per heavy atom. The van der Waals surface area contributed by atoms with Gasteiger partial charge < -0.3 is 13.9 Å². The topological polar surface area (TPSA) is 61.8 Å². The van der Waals surface area contributed by atoms with Gasteiger partial charge in [0.2, 0.25) is 0 Å². The number of methoxy groups -OCH3 is 1. The number of esters is 2. The van der Waals surface area contributed by atoms with Crippen molar-refractivity contribution in [3.63, 3.8) is 0 Å². The summed E-state index contributed by atoms with van der Waals surface area (Å²) >= 11 is 0. The fourth-order valence-electron chi connectivity index (χ4n) is 8.42. The molecule has 0 aromatic rings. The average molecular weight is 419 g/mol. The fraction of sp³-hybridized carbons (Fsp3) is 0.826. The summed E-state index contributed by atoms with van der Waals surface area (Å²) < 4.78 is 18.6. The van der Waals surface area contributed by atoms with Crippen LogP contribution in [0, 0.1) is 34.5 Å². The molecule has 1 spiro atoms. The van der Waals surface area contributed by atoms with Gasteiger partial charge in [-0.25, -0.2) is 0 Å². The number of allylic oxidation sites excluding steroid dienone is 1. The van der Waals surface area contributed by atoms with Gasteiger partial charge in [0.15, 0.2) is 8.32 Å². The summed E-state index contributed by atoms with van der Waals surface area (Å²) in [7, 11) is -0.348. The first-order chi connectivity index (χ1) is 13.5. The van der Waals surface area contributed by atoms with E-state index in [0.717, 1.165) is 38.5 Å². The summed E-state index contributed by atoms with van der Waals surface area (Å²) in [6.07, 6.45) is 5.33. The number of fused-ring (bicyclic) bond motifs is 1. The number of carbonyl (C=O) groups is 2. The molecule has 0 aromatic heterocycles. The second kappa shape index (κ2) is 5.76. The summed E-state index contributed by atoms with van der Waals surface area (Å²) in [5.74, 6) is -0.282. The molecule has 3 unspecified atom stereocenters. The lowest BCUT2D eigenvalue weighted by molar-refractivity contribution is -0.168. The van der Waals surface area contributed by atoms with E-state index in [9.17, 15) is 9.59 Å². The SMILES string of the molecule is C=C1C[C@]23C[C@H]1C[C@H](O[Si](C)(C)C)C2[C@@]12CCCC(C)(C(=O)O1)C2[C@@H]3C(=O)OC. The molecular formula is C23H34O5Si. The molecule has 4 aliphatic carbocycles. The highest BCUT2D eigenvalue weighted by atomic mass is 28.4. The fourth-order valence-corrected chi connectivity index (χ4v) is 9.57. The van der Waals surface area contributed by atoms with Crippen molar-refractivity contribution < 1.29 is 23.5 Å². The highest BCUT2D eigenvalue weighted by Crippen LogP contribution is 2.78. The minimum atomic E-state index is -1.83. The third-order valence-electron chi connectivity index (χ3n) is 8.93. The van der Waals surface area contributed by atoms with Crippen LogP contribution >= 0.6 is 0 Å². The van der Waals surface area contributed by atoms with Crippen molar-refractivity contribution in [2.75, 3.05) is 7.11 Å². The van der Waals surface area contributed by atoms with Crippen LogP contribution in [0.4, 0.5) is 0 Å². The monoisotopic (exact) mass is 418 g/mol. The zero-order valence-electron chi connectivity index (χ0n) is 18.4. The molecule has 0 amide bonds. The van der Waals surface area contributed by atoms with Crippen LogP contribution in [0.1, 0.15) is 45.4 Å². The van der Waals surface area contributed by atoms with Crippen molar-refractivity contribution in [3.05, 3.63) is 12.2 Å². The van der Waals surface area contributed by atoms with E-state index < -0.39 is 19.3 Å². The molecular weight excluding hydrogens is 384 g/mol. The Hall–Kier alpha value is -1.14. The van der Waals surface area contributed by atoms with Gasteiger partial charge in [-0.05, 0) is 76.4 Å². The highest BCUT2D eigenvalue weighted by Gasteiger charge is 2.83. The molecule has 8 atom stereocenters. The van der Waals surface area contributed by atoms with Crippen LogP contribution in [0.3, 0.4) is 0 Å². The van der Waals surface area contributed by atoms with Crippen molar-refractivity contribution in [2.24, 2.45) is 34.5 Å². The van der Waals surface area contributed by atoms with E-state index in [1.807, 2.05) is 6.92 Å². The number of hydrogen-bond donors (Lipinski definition) is 0. The number of carbonyl (C=O) groups excluding carboxylic acids is 2. The molecule has 5 rings (SSSR count). The van der Waals surface area contributed by atoms with Crippen LogP contribution in [0.2, 0.25) is 19.6 Å². The molecule has 0 N–H and O–H groups in total. The lowest BCUT2D eigenvalue weighted by Gasteiger charge is -2.49. The number of ether oxygens (including phenoxy) is 2. The molecule has 1 aliphatic heterocycles. The molecule has 5 fully saturated rings. The molecule has 4 saturated carbocycles. The quantitative estimate of drug-likeness (QED) is 0.393. The lowest BCUT2D eigenvalue weighted by atomic mass is 9.60. The molecule has 29 heavy (non-hydrogen) atoms. The number of rotatable bonds is 3. The van der Waals surface area contributed by atoms with E-state index in [2.05, 4.69) is 26.2 Å². The molecule has 160 valence electrons. The van der Waals surface area contributed by atoms with E-state index in [0.29, 0.717) is 5.92 Å². The minimum Gasteiger partial charge on any atom is -0.469 e. The Balaban J connectivity index is 1.73. The second-order valence-electron chi connectivity index (χ2n) is 11.5. The van der Waals surface area contributed by atoms with Gasteiger partial charge in [-0.1, -0.05) is 12.2 Å². The Kier molecular flexibility index (Phi) is 3.93. The summed E-state index contributed by atoms with van der Waals surface area (Å²) in [5.41, 5.74) is -0.211. The van der Waals surface area contributed by atoms with Crippen molar-refractivity contribution in [2.45, 2.75) is 76.8 Å². The molecule has 6 heteroatoms. The molecule has 0 aromatic carbocycles. The molecule has 1 saturated heterocycles. The highest BCUT2D eigenvalue weighted by molar-refractivity contribution is 6.69. The maximum atomic E-state index is 13.3. The second-order valence-corrected chi connectivity index (χ2v) is 16.0.